The van der Waals surface area contributed by atoms with E-state index in [0.717, 1.165) is 0 Å². The van der Waals surface area contributed by atoms with E-state index < -0.39 is 16.2 Å². The second-order valence-corrected chi connectivity index (χ2v) is 7.77. The molecular formula is C22H23N3O5. The van der Waals surface area contributed by atoms with Crippen molar-refractivity contribution in [1.29, 1.82) is 0 Å². The monoisotopic (exact) mass is 409 g/mol. The normalized spacial score (nSPS) is 14.9. The standard InChI is InChI=1S/C22H23N3O5/c1-5-10-24-18-12-16(7-9-19(18)30-13-22(3,4)21(24)27)23-20(26)15-6-8-17(25(28)29)14(2)11-15/h5-9,11-12H,1,10,13H2,2-4H3,(H,23,26). The maximum atomic E-state index is 13.0. The fourth-order valence-corrected chi connectivity index (χ4v) is 3.24. The molecule has 8 nitrogen and oxygen atoms in total. The van der Waals surface area contributed by atoms with Gasteiger partial charge in [0.05, 0.1) is 16.0 Å². The lowest BCUT2D eigenvalue weighted by Crippen LogP contribution is -2.42. The van der Waals surface area contributed by atoms with Crippen LogP contribution in [0.4, 0.5) is 17.1 Å². The van der Waals surface area contributed by atoms with Crippen LogP contribution in [0, 0.1) is 22.5 Å². The van der Waals surface area contributed by atoms with Gasteiger partial charge in [-0.1, -0.05) is 6.08 Å². The quantitative estimate of drug-likeness (QED) is 0.455. The highest BCUT2D eigenvalue weighted by molar-refractivity contribution is 6.05. The first-order chi connectivity index (χ1) is 14.1. The molecule has 156 valence electrons. The molecule has 0 fully saturated rings. The molecule has 0 unspecified atom stereocenters. The minimum atomic E-state index is -0.707. The number of nitrogens with one attached hydrogen (secondary N) is 1. The average Bonchev–Trinajstić information content (AvgIpc) is 2.78. The third-order valence-electron chi connectivity index (χ3n) is 4.89. The van der Waals surface area contributed by atoms with E-state index >= 15 is 0 Å². The molecule has 2 aromatic carbocycles. The molecule has 1 N–H and O–H groups in total. The van der Waals surface area contributed by atoms with Crippen molar-refractivity contribution in [2.45, 2.75) is 20.8 Å². The molecule has 30 heavy (non-hydrogen) atoms. The summed E-state index contributed by atoms with van der Waals surface area (Å²) in [6, 6.07) is 9.25. The smallest absolute Gasteiger partial charge is 0.272 e. The van der Waals surface area contributed by atoms with Crippen LogP contribution in [-0.4, -0.2) is 29.9 Å². The number of aryl methyl sites for hydroxylation is 1. The summed E-state index contributed by atoms with van der Waals surface area (Å²) in [6.07, 6.45) is 1.63. The Morgan fingerprint density at radius 1 is 1.33 bits per heavy atom. The van der Waals surface area contributed by atoms with E-state index in [0.29, 0.717) is 34.8 Å². The summed E-state index contributed by atoms with van der Waals surface area (Å²) in [6.45, 7) is 9.48. The van der Waals surface area contributed by atoms with Gasteiger partial charge in [-0.2, -0.15) is 0 Å². The minimum Gasteiger partial charge on any atom is -0.490 e. The van der Waals surface area contributed by atoms with Crippen molar-refractivity contribution in [3.8, 4) is 5.75 Å². The number of hydrogen-bond acceptors (Lipinski definition) is 5. The summed E-state index contributed by atoms with van der Waals surface area (Å²) < 4.78 is 5.83. The van der Waals surface area contributed by atoms with Crippen LogP contribution in [0.15, 0.2) is 49.1 Å². The van der Waals surface area contributed by atoms with Gasteiger partial charge in [0.15, 0.2) is 0 Å². The van der Waals surface area contributed by atoms with Gasteiger partial charge < -0.3 is 15.0 Å². The van der Waals surface area contributed by atoms with Crippen molar-refractivity contribution in [2.24, 2.45) is 5.41 Å². The third-order valence-corrected chi connectivity index (χ3v) is 4.89. The Morgan fingerprint density at radius 3 is 2.70 bits per heavy atom. The van der Waals surface area contributed by atoms with Crippen molar-refractivity contribution < 1.29 is 19.2 Å². The maximum Gasteiger partial charge on any atom is 0.272 e. The van der Waals surface area contributed by atoms with Crippen molar-refractivity contribution in [1.82, 2.24) is 0 Å². The summed E-state index contributed by atoms with van der Waals surface area (Å²) in [5.41, 5.74) is 0.956. The number of fused-ring (bicyclic) bond motifs is 1. The van der Waals surface area contributed by atoms with Gasteiger partial charge in [-0.25, -0.2) is 0 Å². The highest BCUT2D eigenvalue weighted by Gasteiger charge is 2.37. The molecule has 1 heterocycles. The zero-order chi connectivity index (χ0) is 22.1. The summed E-state index contributed by atoms with van der Waals surface area (Å²) in [7, 11) is 0. The number of amides is 2. The molecule has 0 radical (unpaired) electrons. The van der Waals surface area contributed by atoms with Gasteiger partial charge in [0.2, 0.25) is 5.91 Å². The van der Waals surface area contributed by atoms with Crippen LogP contribution < -0.4 is 15.0 Å². The van der Waals surface area contributed by atoms with Gasteiger partial charge in [0.25, 0.3) is 11.6 Å². The van der Waals surface area contributed by atoms with E-state index in [9.17, 15) is 19.7 Å². The number of nitro groups is 1. The Hall–Kier alpha value is -3.68. The van der Waals surface area contributed by atoms with Crippen LogP contribution in [0.1, 0.15) is 29.8 Å². The molecule has 3 rings (SSSR count). The molecule has 0 bridgehead atoms. The molecule has 0 saturated carbocycles. The van der Waals surface area contributed by atoms with Crippen LogP contribution in [0.2, 0.25) is 0 Å². The van der Waals surface area contributed by atoms with Gasteiger partial charge in [0.1, 0.15) is 12.4 Å². The van der Waals surface area contributed by atoms with Crippen molar-refractivity contribution in [3.63, 3.8) is 0 Å². The van der Waals surface area contributed by atoms with E-state index in [1.165, 1.54) is 18.2 Å². The summed E-state index contributed by atoms with van der Waals surface area (Å²) in [4.78, 5) is 37.7. The van der Waals surface area contributed by atoms with Crippen molar-refractivity contribution in [2.75, 3.05) is 23.4 Å². The van der Waals surface area contributed by atoms with Gasteiger partial charge in [-0.3, -0.25) is 19.7 Å². The Morgan fingerprint density at radius 2 is 2.07 bits per heavy atom. The Balaban J connectivity index is 1.91. The SMILES string of the molecule is C=CCN1C(=O)C(C)(C)COc2ccc(NC(=O)c3ccc([N+](=O)[O-])c(C)c3)cc21. The highest BCUT2D eigenvalue weighted by Crippen LogP contribution is 2.38. The highest BCUT2D eigenvalue weighted by atomic mass is 16.6. The van der Waals surface area contributed by atoms with Crippen molar-refractivity contribution in [3.05, 3.63) is 70.3 Å². The second kappa shape index (κ2) is 7.98. The van der Waals surface area contributed by atoms with Crippen LogP contribution >= 0.6 is 0 Å². The molecule has 0 atom stereocenters. The Kier molecular flexibility index (Phi) is 5.60. The van der Waals surface area contributed by atoms with Gasteiger partial charge >= 0.3 is 0 Å². The number of ether oxygens (including phenoxy) is 1. The first kappa shape index (κ1) is 21.0. The average molecular weight is 409 g/mol. The lowest BCUT2D eigenvalue weighted by Gasteiger charge is -2.27. The van der Waals surface area contributed by atoms with E-state index in [2.05, 4.69) is 11.9 Å². The van der Waals surface area contributed by atoms with E-state index in [1.54, 1.807) is 36.1 Å². The maximum absolute atomic E-state index is 13.0. The third kappa shape index (κ3) is 4.03. The number of hydrogen-bond donors (Lipinski definition) is 1. The van der Waals surface area contributed by atoms with E-state index in [-0.39, 0.29) is 18.2 Å². The zero-order valence-corrected chi connectivity index (χ0v) is 17.1. The second-order valence-electron chi connectivity index (χ2n) is 7.77. The predicted octanol–water partition coefficient (Wildman–Crippen LogP) is 4.09. The molecule has 2 amide bonds. The number of anilines is 2. The minimum absolute atomic E-state index is 0.0464. The molecule has 1 aliphatic heterocycles. The zero-order valence-electron chi connectivity index (χ0n) is 17.1. The molecule has 8 heteroatoms. The number of nitro benzene ring substituents is 1. The largest absolute Gasteiger partial charge is 0.490 e. The van der Waals surface area contributed by atoms with Crippen LogP contribution in [0.3, 0.4) is 0 Å². The topological polar surface area (TPSA) is 102 Å². The number of carbonyl (C=O) groups excluding carboxylic acids is 2. The summed E-state index contributed by atoms with van der Waals surface area (Å²) >= 11 is 0. The van der Waals surface area contributed by atoms with Gasteiger partial charge in [0, 0.05) is 29.4 Å². The number of rotatable bonds is 5. The number of carbonyl (C=O) groups is 2. The molecule has 0 aromatic heterocycles. The first-order valence-electron chi connectivity index (χ1n) is 9.40. The van der Waals surface area contributed by atoms with Crippen molar-refractivity contribution >= 4 is 28.9 Å². The van der Waals surface area contributed by atoms with Gasteiger partial charge in [-0.05, 0) is 51.1 Å². The number of benzene rings is 2. The first-order valence-corrected chi connectivity index (χ1v) is 9.40. The Bertz CT molecular complexity index is 1050. The number of nitrogens with zero attached hydrogens (tertiary/aromatic N) is 2. The molecular weight excluding hydrogens is 386 g/mol. The summed E-state index contributed by atoms with van der Waals surface area (Å²) in [5, 5.41) is 13.7. The Labute approximate surface area is 174 Å². The molecule has 0 aliphatic carbocycles. The molecule has 1 aliphatic rings. The fraction of sp³-hybridized carbons (Fsp3) is 0.273. The lowest BCUT2D eigenvalue weighted by atomic mass is 9.93. The van der Waals surface area contributed by atoms with Crippen LogP contribution in [0.25, 0.3) is 0 Å². The van der Waals surface area contributed by atoms with E-state index in [4.69, 9.17) is 4.74 Å². The fourth-order valence-electron chi connectivity index (χ4n) is 3.24. The lowest BCUT2D eigenvalue weighted by molar-refractivity contribution is -0.385. The van der Waals surface area contributed by atoms with Crippen LogP contribution in [-0.2, 0) is 4.79 Å². The van der Waals surface area contributed by atoms with Crippen LogP contribution in [0.5, 0.6) is 5.75 Å². The molecule has 2 aromatic rings. The molecule has 0 saturated heterocycles. The summed E-state index contributed by atoms with van der Waals surface area (Å²) in [5.74, 6) is 0.0278. The van der Waals surface area contributed by atoms with E-state index in [1.807, 2.05) is 13.8 Å². The molecule has 0 spiro atoms. The van der Waals surface area contributed by atoms with Gasteiger partial charge in [-0.15, -0.1) is 6.58 Å². The predicted molar refractivity (Wildman–Crippen MR) is 114 cm³/mol.